The van der Waals surface area contributed by atoms with Gasteiger partial charge in [-0.3, -0.25) is 4.79 Å². The van der Waals surface area contributed by atoms with E-state index in [1.807, 2.05) is 18.2 Å². The van der Waals surface area contributed by atoms with Crippen molar-refractivity contribution in [3.8, 4) is 11.5 Å². The molecule has 0 spiro atoms. The first-order valence-corrected chi connectivity index (χ1v) is 8.36. The minimum Gasteiger partial charge on any atom is -0.508 e. The molecule has 0 aromatic heterocycles. The third kappa shape index (κ3) is 5.11. The summed E-state index contributed by atoms with van der Waals surface area (Å²) in [5.74, 6) is 0.108. The molecule has 7 heteroatoms. The minimum absolute atomic E-state index is 0. The number of aromatic hydroxyl groups is 1. The van der Waals surface area contributed by atoms with E-state index in [4.69, 9.17) is 4.74 Å². The molecular formula is C19H23ClN2O4. The number of halogens is 1. The first kappa shape index (κ1) is 20.0. The number of amides is 1. The maximum absolute atomic E-state index is 11.4. The van der Waals surface area contributed by atoms with Crippen molar-refractivity contribution in [1.82, 2.24) is 5.32 Å². The van der Waals surface area contributed by atoms with Gasteiger partial charge in [-0.05, 0) is 31.0 Å². The fraction of sp³-hybridized carbons (Fsp3) is 0.316. The van der Waals surface area contributed by atoms with Crippen LogP contribution < -0.4 is 15.4 Å². The third-order valence-corrected chi connectivity index (χ3v) is 4.08. The van der Waals surface area contributed by atoms with Gasteiger partial charge in [-0.1, -0.05) is 30.3 Å². The fourth-order valence-corrected chi connectivity index (χ4v) is 2.87. The third-order valence-electron chi connectivity index (χ3n) is 4.08. The molecule has 1 aliphatic rings. The number of rotatable bonds is 7. The second kappa shape index (κ2) is 9.43. The normalized spacial score (nSPS) is 13.8. The van der Waals surface area contributed by atoms with Gasteiger partial charge in [0.15, 0.2) is 6.61 Å². The molecule has 1 amide bonds. The summed E-state index contributed by atoms with van der Waals surface area (Å²) in [6.07, 6.45) is 1.09. The summed E-state index contributed by atoms with van der Waals surface area (Å²) < 4.78 is 5.42. The fourth-order valence-electron chi connectivity index (χ4n) is 2.87. The van der Waals surface area contributed by atoms with Crippen LogP contribution in [0.3, 0.4) is 0 Å². The molecule has 3 rings (SSSR count). The summed E-state index contributed by atoms with van der Waals surface area (Å²) in [5.41, 5.74) is 2.14. The number of anilines is 1. The zero-order valence-corrected chi connectivity index (χ0v) is 15.1. The van der Waals surface area contributed by atoms with Gasteiger partial charge in [-0.15, -0.1) is 12.4 Å². The number of carbonyl (C=O) groups excluding carboxylic acids is 1. The average molecular weight is 379 g/mol. The van der Waals surface area contributed by atoms with Crippen molar-refractivity contribution in [3.63, 3.8) is 0 Å². The van der Waals surface area contributed by atoms with Crippen LogP contribution in [0.1, 0.15) is 23.7 Å². The Labute approximate surface area is 158 Å². The highest BCUT2D eigenvalue weighted by molar-refractivity contribution is 5.96. The highest BCUT2D eigenvalue weighted by Crippen LogP contribution is 2.38. The highest BCUT2D eigenvalue weighted by Gasteiger charge is 2.23. The lowest BCUT2D eigenvalue weighted by Gasteiger charge is -2.23. The van der Waals surface area contributed by atoms with Crippen molar-refractivity contribution in [2.24, 2.45) is 0 Å². The standard InChI is InChI=1S/C19H22N2O4.ClH/c22-14-9-15(19-16(10-14)21-18(24)12-25-19)17(23)11-20-8-4-7-13-5-2-1-3-6-13;/h1-3,5-6,9-10,17,20,22-23H,4,7-8,11-12H2,(H,21,24);1H. The van der Waals surface area contributed by atoms with Gasteiger partial charge in [-0.25, -0.2) is 0 Å². The topological polar surface area (TPSA) is 90.8 Å². The smallest absolute Gasteiger partial charge is 0.262 e. The zero-order chi connectivity index (χ0) is 17.6. The van der Waals surface area contributed by atoms with Gasteiger partial charge in [0.2, 0.25) is 0 Å². The molecule has 1 aliphatic heterocycles. The monoisotopic (exact) mass is 378 g/mol. The van der Waals surface area contributed by atoms with Crippen LogP contribution in [0.5, 0.6) is 11.5 Å². The Bertz CT molecular complexity index is 740. The molecule has 140 valence electrons. The number of aryl methyl sites for hydroxylation is 1. The van der Waals surface area contributed by atoms with Gasteiger partial charge >= 0.3 is 0 Å². The lowest BCUT2D eigenvalue weighted by atomic mass is 10.0. The number of carbonyl (C=O) groups is 1. The lowest BCUT2D eigenvalue weighted by molar-refractivity contribution is -0.118. The molecule has 2 aromatic carbocycles. The summed E-state index contributed by atoms with van der Waals surface area (Å²) >= 11 is 0. The van der Waals surface area contributed by atoms with Gasteiger partial charge in [0.05, 0.1) is 11.8 Å². The predicted molar refractivity (Wildman–Crippen MR) is 102 cm³/mol. The van der Waals surface area contributed by atoms with E-state index in [-0.39, 0.29) is 30.7 Å². The Balaban J connectivity index is 0.00000243. The van der Waals surface area contributed by atoms with E-state index in [2.05, 4.69) is 22.8 Å². The number of phenols is 1. The quantitative estimate of drug-likeness (QED) is 0.555. The summed E-state index contributed by atoms with van der Waals surface area (Å²) in [6.45, 7) is 1.01. The predicted octanol–water partition coefficient (Wildman–Crippen LogP) is 2.40. The maximum atomic E-state index is 11.4. The molecule has 26 heavy (non-hydrogen) atoms. The molecule has 0 saturated heterocycles. The van der Waals surface area contributed by atoms with Gasteiger partial charge < -0.3 is 25.6 Å². The number of hydrogen-bond donors (Lipinski definition) is 4. The van der Waals surface area contributed by atoms with Crippen LogP contribution in [0.2, 0.25) is 0 Å². The maximum Gasteiger partial charge on any atom is 0.262 e. The number of ether oxygens (including phenoxy) is 1. The summed E-state index contributed by atoms with van der Waals surface area (Å²) in [4.78, 5) is 11.4. The van der Waals surface area contributed by atoms with E-state index in [1.54, 1.807) is 0 Å². The van der Waals surface area contributed by atoms with Crippen LogP contribution in [0, 0.1) is 0 Å². The van der Waals surface area contributed by atoms with E-state index in [0.717, 1.165) is 19.4 Å². The molecule has 1 heterocycles. The van der Waals surface area contributed by atoms with E-state index in [0.29, 0.717) is 23.5 Å². The molecule has 2 aromatic rings. The van der Waals surface area contributed by atoms with Crippen molar-refractivity contribution < 1.29 is 19.7 Å². The molecule has 0 aliphatic carbocycles. The number of phenolic OH excluding ortho intramolecular Hbond substituents is 1. The summed E-state index contributed by atoms with van der Waals surface area (Å²) in [7, 11) is 0. The van der Waals surface area contributed by atoms with Gasteiger partial charge in [0.1, 0.15) is 11.5 Å². The highest BCUT2D eigenvalue weighted by atomic mass is 35.5. The van der Waals surface area contributed by atoms with Crippen molar-refractivity contribution >= 4 is 24.0 Å². The van der Waals surface area contributed by atoms with E-state index >= 15 is 0 Å². The number of fused-ring (bicyclic) bond motifs is 1. The Morgan fingerprint density at radius 3 is 2.77 bits per heavy atom. The van der Waals surface area contributed by atoms with Crippen LogP contribution >= 0.6 is 12.4 Å². The first-order chi connectivity index (χ1) is 12.1. The van der Waals surface area contributed by atoms with Crippen LogP contribution in [-0.2, 0) is 11.2 Å². The minimum atomic E-state index is -0.840. The van der Waals surface area contributed by atoms with E-state index < -0.39 is 6.10 Å². The molecule has 4 N–H and O–H groups in total. The van der Waals surface area contributed by atoms with Gasteiger partial charge in [0, 0.05) is 18.2 Å². The van der Waals surface area contributed by atoms with Gasteiger partial charge in [-0.2, -0.15) is 0 Å². The summed E-state index contributed by atoms with van der Waals surface area (Å²) in [6, 6.07) is 13.1. The molecular weight excluding hydrogens is 356 g/mol. The van der Waals surface area contributed by atoms with Crippen LogP contribution in [0.4, 0.5) is 5.69 Å². The van der Waals surface area contributed by atoms with Crippen molar-refractivity contribution in [1.29, 1.82) is 0 Å². The van der Waals surface area contributed by atoms with E-state index in [1.165, 1.54) is 17.7 Å². The Kier molecular flexibility index (Phi) is 7.26. The number of benzene rings is 2. The number of hydrogen-bond acceptors (Lipinski definition) is 5. The Hall–Kier alpha value is -2.28. The molecule has 0 fully saturated rings. The lowest BCUT2D eigenvalue weighted by Crippen LogP contribution is -2.28. The number of nitrogens with one attached hydrogen (secondary N) is 2. The molecule has 0 saturated carbocycles. The SMILES string of the molecule is Cl.O=C1COc2c(cc(O)cc2C(O)CNCCCc2ccccc2)N1. The van der Waals surface area contributed by atoms with Crippen LogP contribution in [-0.4, -0.2) is 35.8 Å². The van der Waals surface area contributed by atoms with Crippen LogP contribution in [0.15, 0.2) is 42.5 Å². The van der Waals surface area contributed by atoms with Crippen molar-refractivity contribution in [2.45, 2.75) is 18.9 Å². The number of aliphatic hydroxyl groups is 1. The van der Waals surface area contributed by atoms with E-state index in [9.17, 15) is 15.0 Å². The molecule has 1 unspecified atom stereocenters. The average Bonchev–Trinajstić information content (AvgIpc) is 2.61. The van der Waals surface area contributed by atoms with Gasteiger partial charge in [0.25, 0.3) is 5.91 Å². The number of aliphatic hydroxyl groups excluding tert-OH is 1. The largest absolute Gasteiger partial charge is 0.508 e. The van der Waals surface area contributed by atoms with Crippen molar-refractivity contribution in [2.75, 3.05) is 25.0 Å². The Morgan fingerprint density at radius 1 is 1.23 bits per heavy atom. The second-order valence-electron chi connectivity index (χ2n) is 6.06. The van der Waals surface area contributed by atoms with Crippen LogP contribution in [0.25, 0.3) is 0 Å². The zero-order valence-electron chi connectivity index (χ0n) is 14.3. The molecule has 0 radical (unpaired) electrons. The molecule has 1 atom stereocenters. The Morgan fingerprint density at radius 2 is 2.00 bits per heavy atom. The second-order valence-corrected chi connectivity index (χ2v) is 6.06. The molecule has 0 bridgehead atoms. The van der Waals surface area contributed by atoms with Crippen molar-refractivity contribution in [3.05, 3.63) is 53.6 Å². The molecule has 6 nitrogen and oxygen atoms in total. The first-order valence-electron chi connectivity index (χ1n) is 8.36. The summed E-state index contributed by atoms with van der Waals surface area (Å²) in [5, 5.41) is 26.1.